The van der Waals surface area contributed by atoms with E-state index in [1.807, 2.05) is 0 Å². The van der Waals surface area contributed by atoms with Crippen LogP contribution in [0.15, 0.2) is 21.3 Å². The minimum Gasteiger partial charge on any atom is -0.506 e. The van der Waals surface area contributed by atoms with Crippen LogP contribution in [0.4, 0.5) is 0 Å². The van der Waals surface area contributed by atoms with Gasteiger partial charge in [-0.2, -0.15) is 0 Å². The molecule has 6 heteroatoms. The third kappa shape index (κ3) is 1.61. The van der Waals surface area contributed by atoms with Gasteiger partial charge >= 0.3 is 5.97 Å². The van der Waals surface area contributed by atoms with E-state index in [1.54, 1.807) is 6.92 Å². The van der Waals surface area contributed by atoms with Crippen molar-refractivity contribution in [3.8, 4) is 5.75 Å². The Kier molecular flexibility index (Phi) is 2.36. The van der Waals surface area contributed by atoms with Crippen molar-refractivity contribution in [2.75, 3.05) is 6.61 Å². The molecule has 0 amide bonds. The van der Waals surface area contributed by atoms with Crippen LogP contribution in [0.2, 0.25) is 0 Å². The van der Waals surface area contributed by atoms with E-state index in [2.05, 4.69) is 0 Å². The van der Waals surface area contributed by atoms with E-state index in [0.717, 1.165) is 0 Å². The molecule has 0 bridgehead atoms. The van der Waals surface area contributed by atoms with E-state index in [9.17, 15) is 19.8 Å². The second-order valence-electron chi connectivity index (χ2n) is 4.40. The highest BCUT2D eigenvalue weighted by Crippen LogP contribution is 2.36. The molecule has 1 aromatic carbocycles. The number of hydrogen-bond donors (Lipinski definition) is 2. The summed E-state index contributed by atoms with van der Waals surface area (Å²) in [5.74, 6) is -0.894. The summed E-state index contributed by atoms with van der Waals surface area (Å²) in [4.78, 5) is 23.5. The fourth-order valence-electron chi connectivity index (χ4n) is 2.24. The first-order chi connectivity index (χ1) is 8.99. The van der Waals surface area contributed by atoms with E-state index in [0.29, 0.717) is 5.76 Å². The second kappa shape index (κ2) is 3.83. The lowest BCUT2D eigenvalue weighted by Crippen LogP contribution is -2.23. The van der Waals surface area contributed by atoms with Crippen LogP contribution in [0.1, 0.15) is 27.8 Å². The number of phenolic OH excluding ortho intramolecular Hbond substituents is 1. The van der Waals surface area contributed by atoms with Crippen molar-refractivity contribution in [1.29, 1.82) is 0 Å². The molecule has 0 saturated heterocycles. The monoisotopic (exact) mass is 262 g/mol. The first kappa shape index (κ1) is 11.7. The minimum atomic E-state index is -1.05. The summed E-state index contributed by atoms with van der Waals surface area (Å²) in [6.45, 7) is 1.41. The number of aliphatic hydroxyl groups is 1. The van der Waals surface area contributed by atoms with Gasteiger partial charge in [-0.1, -0.05) is 0 Å². The number of rotatable bonds is 0. The second-order valence-corrected chi connectivity index (χ2v) is 4.40. The Bertz CT molecular complexity index is 758. The van der Waals surface area contributed by atoms with Gasteiger partial charge in [0, 0.05) is 11.6 Å². The lowest BCUT2D eigenvalue weighted by molar-refractivity contribution is 0.0163. The van der Waals surface area contributed by atoms with Crippen LogP contribution in [0.3, 0.4) is 0 Å². The van der Waals surface area contributed by atoms with Crippen molar-refractivity contribution in [2.45, 2.75) is 13.0 Å². The molecule has 1 aliphatic heterocycles. The van der Waals surface area contributed by atoms with Crippen LogP contribution < -0.4 is 5.43 Å². The maximum absolute atomic E-state index is 11.9. The number of aromatic hydroxyl groups is 1. The predicted molar refractivity (Wildman–Crippen MR) is 64.1 cm³/mol. The number of carbonyl (C=O) groups excluding carboxylic acids is 1. The van der Waals surface area contributed by atoms with Crippen molar-refractivity contribution >= 4 is 16.9 Å². The SMILES string of the molecule is Cc1cc(=O)c2c(O)c3c(cc2o1)[C@H](O)COC3=O. The number of hydrogen-bond acceptors (Lipinski definition) is 6. The highest BCUT2D eigenvalue weighted by atomic mass is 16.5. The smallest absolute Gasteiger partial charge is 0.342 e. The molecule has 19 heavy (non-hydrogen) atoms. The summed E-state index contributed by atoms with van der Waals surface area (Å²) in [5.41, 5.74) is -0.292. The van der Waals surface area contributed by atoms with Gasteiger partial charge < -0.3 is 19.4 Å². The Morgan fingerprint density at radius 1 is 1.32 bits per heavy atom. The molecule has 0 fully saturated rings. The Morgan fingerprint density at radius 2 is 2.05 bits per heavy atom. The average molecular weight is 262 g/mol. The molecule has 0 spiro atoms. The van der Waals surface area contributed by atoms with Crippen molar-refractivity contribution in [3.05, 3.63) is 39.2 Å². The molecule has 3 rings (SSSR count). The normalized spacial score (nSPS) is 18.2. The van der Waals surface area contributed by atoms with Gasteiger partial charge in [0.15, 0.2) is 5.43 Å². The van der Waals surface area contributed by atoms with Gasteiger partial charge in [-0.25, -0.2) is 4.79 Å². The zero-order chi connectivity index (χ0) is 13.7. The molecule has 1 aromatic heterocycles. The molecule has 0 radical (unpaired) electrons. The van der Waals surface area contributed by atoms with Gasteiger partial charge in [-0.15, -0.1) is 0 Å². The Balaban J connectivity index is 2.49. The van der Waals surface area contributed by atoms with Gasteiger partial charge in [0.05, 0.1) is 0 Å². The zero-order valence-corrected chi connectivity index (χ0v) is 9.97. The highest BCUT2D eigenvalue weighted by Gasteiger charge is 2.31. The summed E-state index contributed by atoms with van der Waals surface area (Å²) < 4.78 is 10.1. The van der Waals surface area contributed by atoms with Gasteiger partial charge in [0.2, 0.25) is 0 Å². The Morgan fingerprint density at radius 3 is 2.79 bits per heavy atom. The molecule has 98 valence electrons. The maximum atomic E-state index is 11.9. The topological polar surface area (TPSA) is 97.0 Å². The van der Waals surface area contributed by atoms with Crippen molar-refractivity contribution in [3.63, 3.8) is 0 Å². The number of ether oxygens (including phenoxy) is 1. The molecule has 0 aliphatic carbocycles. The first-order valence-corrected chi connectivity index (χ1v) is 5.64. The molecular formula is C13H10O6. The van der Waals surface area contributed by atoms with Crippen LogP contribution in [0.25, 0.3) is 11.0 Å². The molecule has 0 saturated carbocycles. The number of aryl methyl sites for hydroxylation is 1. The maximum Gasteiger partial charge on any atom is 0.342 e. The molecule has 2 aromatic rings. The highest BCUT2D eigenvalue weighted by molar-refractivity contribution is 6.02. The van der Waals surface area contributed by atoms with E-state index < -0.39 is 23.3 Å². The van der Waals surface area contributed by atoms with Crippen LogP contribution >= 0.6 is 0 Å². The summed E-state index contributed by atoms with van der Waals surface area (Å²) >= 11 is 0. The van der Waals surface area contributed by atoms with Crippen molar-refractivity contribution in [2.24, 2.45) is 0 Å². The van der Waals surface area contributed by atoms with Gasteiger partial charge in [-0.05, 0) is 13.0 Å². The summed E-state index contributed by atoms with van der Waals surface area (Å²) in [5, 5.41) is 19.8. The first-order valence-electron chi connectivity index (χ1n) is 5.64. The fraction of sp³-hybridized carbons (Fsp3) is 0.231. The number of esters is 1. The number of benzene rings is 1. The van der Waals surface area contributed by atoms with Crippen LogP contribution in [0.5, 0.6) is 5.75 Å². The van der Waals surface area contributed by atoms with E-state index in [4.69, 9.17) is 9.15 Å². The standard InChI is InChI=1S/C13H10O6/c1-5-2-7(14)11-9(19-5)3-6-8(15)4-18-13(17)10(6)12(11)16/h2-3,8,15-16H,4H2,1H3/t8-/m1/s1. The van der Waals surface area contributed by atoms with Crippen LogP contribution in [0, 0.1) is 6.92 Å². The summed E-state index contributed by atoms with van der Waals surface area (Å²) in [7, 11) is 0. The number of phenols is 1. The quantitative estimate of drug-likeness (QED) is 0.688. The number of aliphatic hydroxyl groups excluding tert-OH is 1. The van der Waals surface area contributed by atoms with Crippen molar-refractivity contribution < 1.29 is 24.2 Å². The van der Waals surface area contributed by atoms with Gasteiger partial charge in [0.25, 0.3) is 0 Å². The Labute approximate surface area is 106 Å². The molecule has 2 N–H and O–H groups in total. The summed E-state index contributed by atoms with van der Waals surface area (Å²) in [6, 6.07) is 2.61. The number of carbonyl (C=O) groups is 1. The third-order valence-corrected chi connectivity index (χ3v) is 3.08. The zero-order valence-electron chi connectivity index (χ0n) is 9.97. The largest absolute Gasteiger partial charge is 0.506 e. The average Bonchev–Trinajstić information content (AvgIpc) is 2.32. The third-order valence-electron chi connectivity index (χ3n) is 3.08. The Hall–Kier alpha value is -2.34. The van der Waals surface area contributed by atoms with Gasteiger partial charge in [-0.3, -0.25) is 4.79 Å². The summed E-state index contributed by atoms with van der Waals surface area (Å²) in [6.07, 6.45) is -1.05. The number of cyclic esters (lactones) is 1. The molecule has 2 heterocycles. The molecular weight excluding hydrogens is 252 g/mol. The van der Waals surface area contributed by atoms with E-state index in [-0.39, 0.29) is 28.7 Å². The lowest BCUT2D eigenvalue weighted by atomic mass is 9.97. The van der Waals surface area contributed by atoms with Crippen LogP contribution in [-0.2, 0) is 4.74 Å². The predicted octanol–water partition coefficient (Wildman–Crippen LogP) is 1.01. The van der Waals surface area contributed by atoms with E-state index in [1.165, 1.54) is 12.1 Å². The van der Waals surface area contributed by atoms with Gasteiger partial charge in [0.1, 0.15) is 40.8 Å². The van der Waals surface area contributed by atoms with Crippen molar-refractivity contribution in [1.82, 2.24) is 0 Å². The fourth-order valence-corrected chi connectivity index (χ4v) is 2.24. The molecule has 1 atom stereocenters. The molecule has 6 nitrogen and oxygen atoms in total. The van der Waals surface area contributed by atoms with E-state index >= 15 is 0 Å². The lowest BCUT2D eigenvalue weighted by Gasteiger charge is -2.22. The minimum absolute atomic E-state index is 0.0876. The molecule has 1 aliphatic rings. The van der Waals surface area contributed by atoms with Crippen LogP contribution in [-0.4, -0.2) is 22.8 Å². The molecule has 0 unspecified atom stereocenters. The number of fused-ring (bicyclic) bond motifs is 2.